The highest BCUT2D eigenvalue weighted by atomic mass is 35.5. The number of halogens is 1. The Balaban J connectivity index is 0.00000205. The summed E-state index contributed by atoms with van der Waals surface area (Å²) in [4.78, 5) is 12.7. The van der Waals surface area contributed by atoms with Crippen LogP contribution in [0.1, 0.15) is 16.9 Å². The van der Waals surface area contributed by atoms with Crippen LogP contribution < -0.4 is 15.6 Å². The average molecular weight is 409 g/mol. The van der Waals surface area contributed by atoms with Gasteiger partial charge in [-0.05, 0) is 29.8 Å². The van der Waals surface area contributed by atoms with E-state index in [4.69, 9.17) is 9.15 Å². The summed E-state index contributed by atoms with van der Waals surface area (Å²) in [5.74, 6) is 1.61. The highest BCUT2D eigenvalue weighted by Gasteiger charge is 2.18. The van der Waals surface area contributed by atoms with Crippen LogP contribution in [0.25, 0.3) is 16.7 Å². The number of ether oxygens (including phenoxy) is 1. The highest BCUT2D eigenvalue weighted by molar-refractivity contribution is 5.85. The molecule has 148 valence electrons. The molecule has 0 fully saturated rings. The van der Waals surface area contributed by atoms with E-state index in [1.165, 1.54) is 11.6 Å². The third-order valence-electron chi connectivity index (χ3n) is 5.11. The van der Waals surface area contributed by atoms with Crippen molar-refractivity contribution in [3.63, 3.8) is 0 Å². The van der Waals surface area contributed by atoms with E-state index in [0.29, 0.717) is 12.4 Å². The SMILES string of the molecule is Cl.O=c1cc(OCc2ccccc2)ccn1-c1ccc2oc3c(c2c1)CNCC3. The molecule has 0 atom stereocenters. The van der Waals surface area contributed by atoms with Gasteiger partial charge in [0.25, 0.3) is 5.56 Å². The van der Waals surface area contributed by atoms with Gasteiger partial charge in [-0.2, -0.15) is 0 Å². The number of rotatable bonds is 4. The smallest absolute Gasteiger partial charge is 0.258 e. The summed E-state index contributed by atoms with van der Waals surface area (Å²) < 4.78 is 13.3. The Labute approximate surface area is 174 Å². The summed E-state index contributed by atoms with van der Waals surface area (Å²) in [5.41, 5.74) is 3.82. The summed E-state index contributed by atoms with van der Waals surface area (Å²) in [6.07, 6.45) is 2.65. The quantitative estimate of drug-likeness (QED) is 0.549. The predicted octanol–water partition coefficient (Wildman–Crippen LogP) is 4.23. The maximum atomic E-state index is 12.7. The molecule has 4 aromatic rings. The lowest BCUT2D eigenvalue weighted by Gasteiger charge is -2.11. The molecule has 6 heteroatoms. The van der Waals surface area contributed by atoms with Crippen molar-refractivity contribution >= 4 is 23.4 Å². The largest absolute Gasteiger partial charge is 0.489 e. The minimum absolute atomic E-state index is 0. The van der Waals surface area contributed by atoms with Gasteiger partial charge in [-0.15, -0.1) is 12.4 Å². The monoisotopic (exact) mass is 408 g/mol. The Morgan fingerprint density at radius 3 is 2.76 bits per heavy atom. The van der Waals surface area contributed by atoms with Crippen LogP contribution in [0.4, 0.5) is 0 Å². The molecule has 0 amide bonds. The summed E-state index contributed by atoms with van der Waals surface area (Å²) in [7, 11) is 0. The van der Waals surface area contributed by atoms with E-state index in [1.807, 2.05) is 54.6 Å². The van der Waals surface area contributed by atoms with Crippen molar-refractivity contribution in [2.45, 2.75) is 19.6 Å². The van der Waals surface area contributed by atoms with E-state index < -0.39 is 0 Å². The molecule has 0 spiro atoms. The molecule has 2 aromatic heterocycles. The first kappa shape index (κ1) is 19.3. The molecule has 3 heterocycles. The average Bonchev–Trinajstić information content (AvgIpc) is 3.11. The molecule has 0 bridgehead atoms. The van der Waals surface area contributed by atoms with Crippen molar-refractivity contribution in [1.82, 2.24) is 9.88 Å². The number of hydrogen-bond acceptors (Lipinski definition) is 4. The lowest BCUT2D eigenvalue weighted by Crippen LogP contribution is -2.22. The topological polar surface area (TPSA) is 56.4 Å². The van der Waals surface area contributed by atoms with E-state index in [-0.39, 0.29) is 18.0 Å². The zero-order chi connectivity index (χ0) is 18.9. The van der Waals surface area contributed by atoms with Gasteiger partial charge in [0.2, 0.25) is 0 Å². The minimum atomic E-state index is -0.125. The second-order valence-corrected chi connectivity index (χ2v) is 6.96. The summed E-state index contributed by atoms with van der Waals surface area (Å²) in [6, 6.07) is 19.1. The van der Waals surface area contributed by atoms with Crippen molar-refractivity contribution in [1.29, 1.82) is 0 Å². The second kappa shape index (κ2) is 8.15. The fourth-order valence-electron chi connectivity index (χ4n) is 3.65. The molecule has 5 rings (SSSR count). The molecular formula is C23H21ClN2O3. The van der Waals surface area contributed by atoms with Gasteiger partial charge in [0.15, 0.2) is 0 Å². The Kier molecular flexibility index (Phi) is 5.43. The molecule has 0 unspecified atom stereocenters. The van der Waals surface area contributed by atoms with Crippen molar-refractivity contribution in [2.75, 3.05) is 6.54 Å². The third kappa shape index (κ3) is 3.79. The van der Waals surface area contributed by atoms with Crippen LogP contribution in [0.3, 0.4) is 0 Å². The molecular weight excluding hydrogens is 388 g/mol. The van der Waals surface area contributed by atoms with E-state index in [9.17, 15) is 4.79 Å². The van der Waals surface area contributed by atoms with Gasteiger partial charge in [-0.1, -0.05) is 30.3 Å². The first-order chi connectivity index (χ1) is 13.8. The highest BCUT2D eigenvalue weighted by Crippen LogP contribution is 2.29. The Morgan fingerprint density at radius 1 is 1.07 bits per heavy atom. The summed E-state index contributed by atoms with van der Waals surface area (Å²) in [5, 5.41) is 4.45. The molecule has 1 aliphatic rings. The number of benzene rings is 2. The fraction of sp³-hybridized carbons (Fsp3) is 0.174. The molecule has 0 radical (unpaired) electrons. The van der Waals surface area contributed by atoms with Crippen LogP contribution in [-0.2, 0) is 19.6 Å². The van der Waals surface area contributed by atoms with E-state index >= 15 is 0 Å². The zero-order valence-corrected chi connectivity index (χ0v) is 16.6. The number of pyridine rings is 1. The Morgan fingerprint density at radius 2 is 1.93 bits per heavy atom. The van der Waals surface area contributed by atoms with Gasteiger partial charge in [-0.25, -0.2) is 0 Å². The number of aromatic nitrogens is 1. The fourth-order valence-corrected chi connectivity index (χ4v) is 3.65. The van der Waals surface area contributed by atoms with Crippen molar-refractivity contribution in [2.24, 2.45) is 0 Å². The van der Waals surface area contributed by atoms with Crippen molar-refractivity contribution in [3.05, 3.63) is 94.1 Å². The van der Waals surface area contributed by atoms with Crippen molar-refractivity contribution in [3.8, 4) is 11.4 Å². The maximum absolute atomic E-state index is 12.7. The van der Waals surface area contributed by atoms with Gasteiger partial charge in [0.05, 0.1) is 0 Å². The number of nitrogens with one attached hydrogen (secondary N) is 1. The summed E-state index contributed by atoms with van der Waals surface area (Å²) in [6.45, 7) is 2.17. The number of fused-ring (bicyclic) bond motifs is 3. The predicted molar refractivity (Wildman–Crippen MR) is 115 cm³/mol. The first-order valence-electron chi connectivity index (χ1n) is 9.43. The van der Waals surface area contributed by atoms with E-state index in [1.54, 1.807) is 10.8 Å². The molecule has 1 N–H and O–H groups in total. The Bertz CT molecular complexity index is 1200. The van der Waals surface area contributed by atoms with Gasteiger partial charge < -0.3 is 14.5 Å². The first-order valence-corrected chi connectivity index (χ1v) is 9.43. The van der Waals surface area contributed by atoms with Crippen LogP contribution in [0.5, 0.6) is 5.75 Å². The van der Waals surface area contributed by atoms with Crippen LogP contribution in [-0.4, -0.2) is 11.1 Å². The minimum Gasteiger partial charge on any atom is -0.489 e. The molecule has 0 aliphatic carbocycles. The molecule has 0 saturated heterocycles. The van der Waals surface area contributed by atoms with Gasteiger partial charge >= 0.3 is 0 Å². The normalized spacial score (nSPS) is 13.0. The van der Waals surface area contributed by atoms with Crippen LogP contribution in [0.2, 0.25) is 0 Å². The molecule has 2 aromatic carbocycles. The molecule has 0 saturated carbocycles. The van der Waals surface area contributed by atoms with Gasteiger partial charge in [0.1, 0.15) is 23.7 Å². The molecule has 29 heavy (non-hydrogen) atoms. The number of nitrogens with zero attached hydrogens (tertiary/aromatic N) is 1. The van der Waals surface area contributed by atoms with Gasteiger partial charge in [0, 0.05) is 48.4 Å². The standard InChI is InChI=1S/C23H20N2O3.ClH/c26-23-13-18(27-15-16-4-2-1-3-5-16)9-11-25(23)17-6-7-21-19(12-17)20-14-24-10-8-22(20)28-21;/h1-7,9,11-13,24H,8,10,14-15H2;1H. The van der Waals surface area contributed by atoms with Gasteiger partial charge in [-0.3, -0.25) is 9.36 Å². The number of hydrogen-bond donors (Lipinski definition) is 1. The summed E-state index contributed by atoms with van der Waals surface area (Å²) >= 11 is 0. The third-order valence-corrected chi connectivity index (χ3v) is 5.11. The zero-order valence-electron chi connectivity index (χ0n) is 15.8. The Hall–Kier alpha value is -3.02. The van der Waals surface area contributed by atoms with E-state index in [2.05, 4.69) is 5.32 Å². The maximum Gasteiger partial charge on any atom is 0.258 e. The van der Waals surface area contributed by atoms with Crippen molar-refractivity contribution < 1.29 is 9.15 Å². The van der Waals surface area contributed by atoms with E-state index in [0.717, 1.165) is 47.5 Å². The lowest BCUT2D eigenvalue weighted by atomic mass is 10.1. The molecule has 1 aliphatic heterocycles. The second-order valence-electron chi connectivity index (χ2n) is 6.96. The van der Waals surface area contributed by atoms with Crippen LogP contribution in [0.15, 0.2) is 76.1 Å². The lowest BCUT2D eigenvalue weighted by molar-refractivity contribution is 0.305. The number of furan rings is 1. The molecule has 5 nitrogen and oxygen atoms in total. The van der Waals surface area contributed by atoms with Crippen LogP contribution in [0, 0.1) is 0 Å². The van der Waals surface area contributed by atoms with Crippen LogP contribution >= 0.6 is 12.4 Å².